The van der Waals surface area contributed by atoms with Crippen LogP contribution in [-0.2, 0) is 12.8 Å². The molecular weight excluding hydrogens is 312 g/mol. The number of hydrogen-bond acceptors (Lipinski definition) is 0. The first-order valence-electron chi connectivity index (χ1n) is 9.41. The van der Waals surface area contributed by atoms with Gasteiger partial charge < -0.3 is 0 Å². The summed E-state index contributed by atoms with van der Waals surface area (Å²) in [5.74, 6) is 0. The summed E-state index contributed by atoms with van der Waals surface area (Å²) in [4.78, 5) is 0. The zero-order valence-corrected chi connectivity index (χ0v) is 15.7. The highest BCUT2D eigenvalue weighted by Gasteiger charge is 1.93. The van der Waals surface area contributed by atoms with E-state index in [-0.39, 0.29) is 0 Å². The summed E-state index contributed by atoms with van der Waals surface area (Å²) in [6, 6.07) is 26.1. The van der Waals surface area contributed by atoms with Crippen LogP contribution in [0.25, 0.3) is 24.3 Å². The average Bonchev–Trinajstić information content (AvgIpc) is 2.72. The van der Waals surface area contributed by atoms with E-state index in [1.165, 1.54) is 33.4 Å². The minimum atomic E-state index is 1.07. The van der Waals surface area contributed by atoms with E-state index in [0.29, 0.717) is 0 Å². The lowest BCUT2D eigenvalue weighted by Gasteiger charge is -2.00. The van der Waals surface area contributed by atoms with Crippen LogP contribution in [0.3, 0.4) is 0 Å². The largest absolute Gasteiger partial charge is 0.0614 e. The molecular formula is C26H26. The lowest BCUT2D eigenvalue weighted by molar-refractivity contribution is 1.14. The van der Waals surface area contributed by atoms with Crippen molar-refractivity contribution in [3.05, 3.63) is 106 Å². The smallest absolute Gasteiger partial charge is 0.0254 e. The van der Waals surface area contributed by atoms with Crippen molar-refractivity contribution in [2.45, 2.75) is 26.7 Å². The van der Waals surface area contributed by atoms with Crippen molar-refractivity contribution in [3.8, 4) is 0 Å². The first-order chi connectivity index (χ1) is 12.8. The van der Waals surface area contributed by atoms with E-state index in [0.717, 1.165) is 12.8 Å². The van der Waals surface area contributed by atoms with Gasteiger partial charge in [-0.1, -0.05) is 111 Å². The van der Waals surface area contributed by atoms with E-state index in [4.69, 9.17) is 0 Å². The first kappa shape index (κ1) is 17.9. The molecule has 0 amide bonds. The normalized spacial score (nSPS) is 11.5. The van der Waals surface area contributed by atoms with Crippen LogP contribution in [0, 0.1) is 0 Å². The summed E-state index contributed by atoms with van der Waals surface area (Å²) in [7, 11) is 0. The zero-order chi connectivity index (χ0) is 18.2. The van der Waals surface area contributed by atoms with E-state index in [9.17, 15) is 0 Å². The third-order valence-corrected chi connectivity index (χ3v) is 4.59. The van der Waals surface area contributed by atoms with Gasteiger partial charge in [0.2, 0.25) is 0 Å². The van der Waals surface area contributed by atoms with Crippen LogP contribution in [-0.4, -0.2) is 0 Å². The Morgan fingerprint density at radius 3 is 1.27 bits per heavy atom. The van der Waals surface area contributed by atoms with Crippen LogP contribution in [0.4, 0.5) is 0 Å². The Hall–Kier alpha value is -2.86. The molecule has 3 aromatic carbocycles. The standard InChI is InChI=1S/C26H26/c1-3-21-7-5-9-25(19-21)17-15-23-11-13-24(14-12-23)16-18-26-10-6-8-22(4-2)20-26/h5-20H,3-4H2,1-2H3. The van der Waals surface area contributed by atoms with Gasteiger partial charge in [0.1, 0.15) is 0 Å². The molecule has 0 saturated carbocycles. The van der Waals surface area contributed by atoms with Gasteiger partial charge in [-0.2, -0.15) is 0 Å². The monoisotopic (exact) mass is 338 g/mol. The van der Waals surface area contributed by atoms with Crippen molar-refractivity contribution in [3.63, 3.8) is 0 Å². The quantitative estimate of drug-likeness (QED) is 0.418. The minimum absolute atomic E-state index is 1.07. The molecule has 0 N–H and O–H groups in total. The molecule has 0 aromatic heterocycles. The topological polar surface area (TPSA) is 0 Å². The fraction of sp³-hybridized carbons (Fsp3) is 0.154. The maximum Gasteiger partial charge on any atom is -0.0254 e. The van der Waals surface area contributed by atoms with Gasteiger partial charge in [-0.3, -0.25) is 0 Å². The van der Waals surface area contributed by atoms with Crippen LogP contribution in [0.1, 0.15) is 47.2 Å². The fourth-order valence-corrected chi connectivity index (χ4v) is 2.94. The molecule has 0 heterocycles. The lowest BCUT2D eigenvalue weighted by atomic mass is 10.1. The SMILES string of the molecule is CCc1cccc(C=Cc2ccc(C=Cc3cccc(CC)c3)cc2)c1. The maximum absolute atomic E-state index is 2.25. The molecule has 0 unspecified atom stereocenters. The highest BCUT2D eigenvalue weighted by molar-refractivity contribution is 5.73. The molecule has 3 aromatic rings. The molecule has 0 radical (unpaired) electrons. The van der Waals surface area contributed by atoms with Crippen molar-refractivity contribution >= 4 is 24.3 Å². The second kappa shape index (κ2) is 9.01. The minimum Gasteiger partial charge on any atom is -0.0614 e. The van der Waals surface area contributed by atoms with Crippen LogP contribution >= 0.6 is 0 Å². The van der Waals surface area contributed by atoms with Crippen LogP contribution in [0.15, 0.2) is 72.8 Å². The Bertz CT molecular complexity index is 819. The maximum atomic E-state index is 2.25. The third-order valence-electron chi connectivity index (χ3n) is 4.59. The van der Waals surface area contributed by atoms with Gasteiger partial charge in [-0.05, 0) is 46.2 Å². The van der Waals surface area contributed by atoms with Gasteiger partial charge >= 0.3 is 0 Å². The van der Waals surface area contributed by atoms with Gasteiger partial charge in [-0.15, -0.1) is 0 Å². The molecule has 0 atom stereocenters. The Balaban J connectivity index is 1.67. The Kier molecular flexibility index (Phi) is 6.22. The molecule has 0 fully saturated rings. The molecule has 26 heavy (non-hydrogen) atoms. The van der Waals surface area contributed by atoms with E-state index in [2.05, 4.69) is 111 Å². The number of hydrogen-bond donors (Lipinski definition) is 0. The molecule has 130 valence electrons. The van der Waals surface area contributed by atoms with Crippen molar-refractivity contribution in [2.75, 3.05) is 0 Å². The van der Waals surface area contributed by atoms with E-state index >= 15 is 0 Å². The second-order valence-corrected chi connectivity index (χ2v) is 6.53. The summed E-state index contributed by atoms with van der Waals surface area (Å²) in [5.41, 5.74) is 7.70. The summed E-state index contributed by atoms with van der Waals surface area (Å²) >= 11 is 0. The second-order valence-electron chi connectivity index (χ2n) is 6.53. The average molecular weight is 338 g/mol. The predicted octanol–water partition coefficient (Wildman–Crippen LogP) is 7.15. The molecule has 0 nitrogen and oxygen atoms in total. The number of aryl methyl sites for hydroxylation is 2. The molecule has 0 bridgehead atoms. The molecule has 0 spiro atoms. The number of benzene rings is 3. The van der Waals surface area contributed by atoms with Crippen molar-refractivity contribution in [2.24, 2.45) is 0 Å². The summed E-state index contributed by atoms with van der Waals surface area (Å²) in [6.07, 6.45) is 10.9. The number of rotatable bonds is 6. The van der Waals surface area contributed by atoms with E-state index < -0.39 is 0 Å². The van der Waals surface area contributed by atoms with Crippen molar-refractivity contribution in [1.29, 1.82) is 0 Å². The Morgan fingerprint density at radius 1 is 0.500 bits per heavy atom. The lowest BCUT2D eigenvalue weighted by Crippen LogP contribution is -1.81. The van der Waals surface area contributed by atoms with Crippen LogP contribution in [0.5, 0.6) is 0 Å². The fourth-order valence-electron chi connectivity index (χ4n) is 2.94. The van der Waals surface area contributed by atoms with Gasteiger partial charge in [0.05, 0.1) is 0 Å². The Morgan fingerprint density at radius 2 is 0.885 bits per heavy atom. The van der Waals surface area contributed by atoms with Crippen molar-refractivity contribution < 1.29 is 0 Å². The summed E-state index contributed by atoms with van der Waals surface area (Å²) < 4.78 is 0. The highest BCUT2D eigenvalue weighted by atomic mass is 14.0. The molecule has 0 aliphatic carbocycles. The van der Waals surface area contributed by atoms with Gasteiger partial charge in [0.25, 0.3) is 0 Å². The molecule has 3 rings (SSSR count). The highest BCUT2D eigenvalue weighted by Crippen LogP contribution is 2.14. The molecule has 0 aliphatic rings. The first-order valence-corrected chi connectivity index (χ1v) is 9.41. The Labute approximate surface area is 157 Å². The molecule has 0 heteroatoms. The van der Waals surface area contributed by atoms with Gasteiger partial charge in [0, 0.05) is 0 Å². The molecule has 0 aliphatic heterocycles. The predicted molar refractivity (Wildman–Crippen MR) is 116 cm³/mol. The molecule has 0 saturated heterocycles. The summed E-state index contributed by atoms with van der Waals surface area (Å²) in [5, 5.41) is 0. The van der Waals surface area contributed by atoms with E-state index in [1.54, 1.807) is 0 Å². The van der Waals surface area contributed by atoms with Gasteiger partial charge in [0.15, 0.2) is 0 Å². The van der Waals surface area contributed by atoms with Crippen LogP contribution < -0.4 is 0 Å². The van der Waals surface area contributed by atoms with Crippen LogP contribution in [0.2, 0.25) is 0 Å². The van der Waals surface area contributed by atoms with Gasteiger partial charge in [-0.25, -0.2) is 0 Å². The van der Waals surface area contributed by atoms with Crippen molar-refractivity contribution in [1.82, 2.24) is 0 Å². The zero-order valence-electron chi connectivity index (χ0n) is 15.7. The third kappa shape index (κ3) is 5.07. The van der Waals surface area contributed by atoms with E-state index in [1.807, 2.05) is 0 Å². The summed E-state index contributed by atoms with van der Waals surface area (Å²) in [6.45, 7) is 4.38.